The van der Waals surface area contributed by atoms with Crippen molar-refractivity contribution in [2.24, 2.45) is 0 Å². The molecule has 0 aliphatic carbocycles. The Bertz CT molecular complexity index is 526. The highest BCUT2D eigenvalue weighted by Gasteiger charge is 2.10. The summed E-state index contributed by atoms with van der Waals surface area (Å²) in [6, 6.07) is 3.65. The number of halogens is 1. The normalized spacial score (nSPS) is 10.2. The number of hydrogen-bond acceptors (Lipinski definition) is 5. The van der Waals surface area contributed by atoms with E-state index in [1.807, 2.05) is 0 Å². The number of ether oxygens (including phenoxy) is 1. The largest absolute Gasteiger partial charge is 0.457 e. The molecule has 0 spiro atoms. The zero-order chi connectivity index (χ0) is 12.3. The summed E-state index contributed by atoms with van der Waals surface area (Å²) in [6.45, 7) is 0.0413. The molecule has 0 unspecified atom stereocenters. The van der Waals surface area contributed by atoms with Gasteiger partial charge in [-0.15, -0.1) is 0 Å². The first-order valence-corrected chi connectivity index (χ1v) is 4.77. The van der Waals surface area contributed by atoms with Gasteiger partial charge in [0.15, 0.2) is 0 Å². The summed E-state index contributed by atoms with van der Waals surface area (Å²) < 4.78 is 22.4. The third kappa shape index (κ3) is 2.60. The molecule has 1 heterocycles. The Balaban J connectivity index is 2.02. The van der Waals surface area contributed by atoms with Crippen LogP contribution in [0.25, 0.3) is 0 Å². The number of nitrogens with zero attached hydrogens (tertiary/aromatic N) is 1. The van der Waals surface area contributed by atoms with Crippen LogP contribution in [-0.2, 0) is 11.3 Å². The molecule has 0 radical (unpaired) electrons. The number of nitrogen functional groups attached to an aromatic ring is 1. The topological polar surface area (TPSA) is 78.4 Å². The molecule has 5 nitrogen and oxygen atoms in total. The van der Waals surface area contributed by atoms with E-state index in [1.54, 1.807) is 0 Å². The van der Waals surface area contributed by atoms with E-state index in [0.29, 0.717) is 5.56 Å². The van der Waals surface area contributed by atoms with Crippen molar-refractivity contribution in [1.29, 1.82) is 0 Å². The van der Waals surface area contributed by atoms with Crippen molar-refractivity contribution in [3.8, 4) is 0 Å². The number of rotatable bonds is 3. The van der Waals surface area contributed by atoms with Crippen LogP contribution in [0.5, 0.6) is 0 Å². The molecule has 0 atom stereocenters. The van der Waals surface area contributed by atoms with E-state index >= 15 is 0 Å². The third-order valence-electron chi connectivity index (χ3n) is 2.09. The molecule has 0 amide bonds. The van der Waals surface area contributed by atoms with Crippen LogP contribution in [0.4, 0.5) is 10.1 Å². The first-order chi connectivity index (χ1) is 8.16. The zero-order valence-corrected chi connectivity index (χ0v) is 8.72. The number of benzene rings is 1. The lowest BCUT2D eigenvalue weighted by atomic mass is 10.2. The summed E-state index contributed by atoms with van der Waals surface area (Å²) >= 11 is 0. The second-order valence-electron chi connectivity index (χ2n) is 3.35. The fourth-order valence-electron chi connectivity index (χ4n) is 1.20. The van der Waals surface area contributed by atoms with Gasteiger partial charge in [0, 0.05) is 5.56 Å². The molecule has 2 rings (SSSR count). The van der Waals surface area contributed by atoms with Crippen molar-refractivity contribution in [2.45, 2.75) is 6.61 Å². The Kier molecular flexibility index (Phi) is 3.04. The minimum atomic E-state index is -0.585. The smallest absolute Gasteiger partial charge is 0.338 e. The molecule has 0 saturated heterocycles. The fraction of sp³-hybridized carbons (Fsp3) is 0.0909. The van der Waals surface area contributed by atoms with Crippen LogP contribution in [0.15, 0.2) is 35.2 Å². The number of aromatic nitrogens is 1. The maximum Gasteiger partial charge on any atom is 0.338 e. The van der Waals surface area contributed by atoms with Crippen LogP contribution in [0.1, 0.15) is 15.9 Å². The minimum absolute atomic E-state index is 0.0413. The van der Waals surface area contributed by atoms with Gasteiger partial charge in [-0.2, -0.15) is 0 Å². The lowest BCUT2D eigenvalue weighted by Crippen LogP contribution is -2.06. The summed E-state index contributed by atoms with van der Waals surface area (Å²) in [7, 11) is 0. The molecule has 0 fully saturated rings. The standard InChI is InChI=1S/C11H9FN2O3/c12-9-2-1-8(3-10(9)13)11(15)16-5-7-4-14-17-6-7/h1-4,6H,5,13H2. The number of nitrogens with two attached hydrogens (primary N) is 1. The van der Waals surface area contributed by atoms with E-state index in [-0.39, 0.29) is 17.9 Å². The van der Waals surface area contributed by atoms with Crippen LogP contribution in [0, 0.1) is 5.82 Å². The summed E-state index contributed by atoms with van der Waals surface area (Å²) in [5, 5.41) is 3.46. The van der Waals surface area contributed by atoms with Crippen molar-refractivity contribution in [3.63, 3.8) is 0 Å². The lowest BCUT2D eigenvalue weighted by Gasteiger charge is -2.04. The molecule has 17 heavy (non-hydrogen) atoms. The number of anilines is 1. The zero-order valence-electron chi connectivity index (χ0n) is 8.72. The van der Waals surface area contributed by atoms with Crippen molar-refractivity contribution < 1.29 is 18.4 Å². The third-order valence-corrected chi connectivity index (χ3v) is 2.09. The predicted octanol–water partition coefficient (Wildman–Crippen LogP) is 1.75. The monoisotopic (exact) mass is 236 g/mol. The highest BCUT2D eigenvalue weighted by atomic mass is 19.1. The number of hydrogen-bond donors (Lipinski definition) is 1. The first kappa shape index (κ1) is 11.1. The quantitative estimate of drug-likeness (QED) is 0.648. The van der Waals surface area contributed by atoms with Gasteiger partial charge in [0.25, 0.3) is 0 Å². The van der Waals surface area contributed by atoms with Crippen LogP contribution < -0.4 is 5.73 Å². The van der Waals surface area contributed by atoms with E-state index in [2.05, 4.69) is 9.68 Å². The van der Waals surface area contributed by atoms with Gasteiger partial charge in [0.05, 0.1) is 17.4 Å². The van der Waals surface area contributed by atoms with Crippen LogP contribution in [-0.4, -0.2) is 11.1 Å². The molecule has 1 aromatic carbocycles. The van der Waals surface area contributed by atoms with Crippen LogP contribution in [0.3, 0.4) is 0 Å². The lowest BCUT2D eigenvalue weighted by molar-refractivity contribution is 0.0472. The number of carbonyl (C=O) groups excluding carboxylic acids is 1. The molecule has 6 heteroatoms. The molecule has 1 aromatic heterocycles. The Labute approximate surface area is 96.0 Å². The van der Waals surface area contributed by atoms with Crippen molar-refractivity contribution in [1.82, 2.24) is 5.16 Å². The van der Waals surface area contributed by atoms with Gasteiger partial charge in [-0.1, -0.05) is 5.16 Å². The average molecular weight is 236 g/mol. The Morgan fingerprint density at radius 2 is 2.35 bits per heavy atom. The molecule has 0 aliphatic rings. The maximum atomic E-state index is 12.9. The Morgan fingerprint density at radius 3 is 3.00 bits per heavy atom. The van der Waals surface area contributed by atoms with Crippen molar-refractivity contribution >= 4 is 11.7 Å². The van der Waals surface area contributed by atoms with Gasteiger partial charge in [0.2, 0.25) is 0 Å². The van der Waals surface area contributed by atoms with Gasteiger partial charge in [0.1, 0.15) is 18.7 Å². The fourth-order valence-corrected chi connectivity index (χ4v) is 1.20. The summed E-state index contributed by atoms with van der Waals surface area (Å²) in [4.78, 5) is 11.6. The summed E-state index contributed by atoms with van der Waals surface area (Å²) in [5.74, 6) is -1.15. The Hall–Kier alpha value is -2.37. The van der Waals surface area contributed by atoms with Crippen LogP contribution in [0.2, 0.25) is 0 Å². The van der Waals surface area contributed by atoms with Gasteiger partial charge >= 0.3 is 5.97 Å². The van der Waals surface area contributed by atoms with Gasteiger partial charge < -0.3 is 15.0 Å². The van der Waals surface area contributed by atoms with Gasteiger partial charge in [-0.05, 0) is 18.2 Å². The SMILES string of the molecule is Nc1cc(C(=O)OCc2cnoc2)ccc1F. The highest BCUT2D eigenvalue weighted by molar-refractivity contribution is 5.90. The molecule has 0 bridgehead atoms. The van der Waals surface area contributed by atoms with E-state index in [1.165, 1.54) is 24.6 Å². The molecule has 88 valence electrons. The van der Waals surface area contributed by atoms with E-state index < -0.39 is 11.8 Å². The molecule has 2 N–H and O–H groups in total. The average Bonchev–Trinajstić information content (AvgIpc) is 2.82. The molecular weight excluding hydrogens is 227 g/mol. The second-order valence-corrected chi connectivity index (χ2v) is 3.35. The minimum Gasteiger partial charge on any atom is -0.457 e. The number of carbonyl (C=O) groups is 1. The predicted molar refractivity (Wildman–Crippen MR) is 56.4 cm³/mol. The molecule has 0 aliphatic heterocycles. The van der Waals surface area contributed by atoms with Crippen molar-refractivity contribution in [3.05, 3.63) is 47.6 Å². The maximum absolute atomic E-state index is 12.9. The first-order valence-electron chi connectivity index (χ1n) is 4.77. The van der Waals surface area contributed by atoms with Gasteiger partial charge in [-0.3, -0.25) is 0 Å². The summed E-state index contributed by atoms with van der Waals surface area (Å²) in [6.07, 6.45) is 2.80. The number of esters is 1. The highest BCUT2D eigenvalue weighted by Crippen LogP contribution is 2.13. The second kappa shape index (κ2) is 4.65. The van der Waals surface area contributed by atoms with E-state index in [0.717, 1.165) is 6.07 Å². The molecular formula is C11H9FN2O3. The van der Waals surface area contributed by atoms with E-state index in [4.69, 9.17) is 10.5 Å². The Morgan fingerprint density at radius 1 is 1.53 bits per heavy atom. The van der Waals surface area contributed by atoms with Crippen molar-refractivity contribution in [2.75, 3.05) is 5.73 Å². The van der Waals surface area contributed by atoms with Gasteiger partial charge in [-0.25, -0.2) is 9.18 Å². The van der Waals surface area contributed by atoms with E-state index in [9.17, 15) is 9.18 Å². The van der Waals surface area contributed by atoms with Crippen LogP contribution >= 0.6 is 0 Å². The molecule has 2 aromatic rings. The molecule has 0 saturated carbocycles. The summed E-state index contributed by atoms with van der Waals surface area (Å²) in [5.41, 5.74) is 6.08.